The van der Waals surface area contributed by atoms with Crippen molar-refractivity contribution in [2.24, 2.45) is 0 Å². The maximum atomic E-state index is 13.9. The molecule has 57 heavy (non-hydrogen) atoms. The standard InChI is InChI=1S/C42H56N2O11P2/c1-5-9-24-50-56(47,51-25-10-6-2)54-39-23-18-33(28-40(39)55-57(48,52-26-11-7-3)53-27-12-8-4)31-43-41(45)32-49-38-22-21-34-29-36(20-19-35(34)30-38)42(46)44-37-16-14-13-15-17-37/h13-23,28-30H,5-12,24-27,31-32H2,1-4H3,(H,43,45)(H,44,46). The molecule has 4 aromatic carbocycles. The second-order valence-electron chi connectivity index (χ2n) is 13.2. The summed E-state index contributed by atoms with van der Waals surface area (Å²) in [5.74, 6) is -0.276. The number of phosphoric ester groups is 2. The minimum absolute atomic E-state index is 0.0414. The van der Waals surface area contributed by atoms with Gasteiger partial charge in [-0.1, -0.05) is 89.8 Å². The fourth-order valence-electron chi connectivity index (χ4n) is 5.09. The van der Waals surface area contributed by atoms with E-state index in [4.69, 9.17) is 31.9 Å². The lowest BCUT2D eigenvalue weighted by atomic mass is 10.1. The number of fused-ring (bicyclic) bond motifs is 1. The highest BCUT2D eigenvalue weighted by molar-refractivity contribution is 7.49. The average molecular weight is 827 g/mol. The van der Waals surface area contributed by atoms with Crippen LogP contribution in [0, 0.1) is 0 Å². The van der Waals surface area contributed by atoms with Crippen LogP contribution in [0.15, 0.2) is 84.9 Å². The van der Waals surface area contributed by atoms with Gasteiger partial charge in [0.2, 0.25) is 0 Å². The number of carbonyl (C=O) groups is 2. The van der Waals surface area contributed by atoms with Crippen LogP contribution in [0.2, 0.25) is 0 Å². The Morgan fingerprint density at radius 1 is 0.596 bits per heavy atom. The zero-order valence-corrected chi connectivity index (χ0v) is 35.2. The van der Waals surface area contributed by atoms with E-state index in [1.807, 2.05) is 70.2 Å². The minimum Gasteiger partial charge on any atom is -0.484 e. The molecule has 310 valence electrons. The lowest BCUT2D eigenvalue weighted by Crippen LogP contribution is -2.28. The van der Waals surface area contributed by atoms with Gasteiger partial charge >= 0.3 is 15.6 Å². The van der Waals surface area contributed by atoms with Crippen LogP contribution in [0.1, 0.15) is 95.0 Å². The largest absolute Gasteiger partial charge is 0.530 e. The summed E-state index contributed by atoms with van der Waals surface area (Å²) in [6, 6.07) is 24.6. The summed E-state index contributed by atoms with van der Waals surface area (Å²) in [5, 5.41) is 7.38. The zero-order chi connectivity index (χ0) is 40.9. The van der Waals surface area contributed by atoms with Crippen molar-refractivity contribution < 1.29 is 50.6 Å². The fourth-order valence-corrected chi connectivity index (χ4v) is 7.64. The highest BCUT2D eigenvalue weighted by Crippen LogP contribution is 2.56. The second kappa shape index (κ2) is 23.9. The number of hydrogen-bond donors (Lipinski definition) is 2. The molecule has 2 N–H and O–H groups in total. The summed E-state index contributed by atoms with van der Waals surface area (Å²) in [4.78, 5) is 25.7. The first-order chi connectivity index (χ1) is 27.6. The maximum Gasteiger partial charge on any atom is 0.530 e. The summed E-state index contributed by atoms with van der Waals surface area (Å²) >= 11 is 0. The number of rotatable bonds is 27. The molecule has 0 saturated heterocycles. The van der Waals surface area contributed by atoms with Crippen molar-refractivity contribution >= 4 is 43.9 Å². The molecule has 0 atom stereocenters. The van der Waals surface area contributed by atoms with Gasteiger partial charge in [-0.2, -0.15) is 0 Å². The molecule has 0 aliphatic rings. The molecule has 0 spiro atoms. The maximum absolute atomic E-state index is 13.9. The van der Waals surface area contributed by atoms with Gasteiger partial charge in [0, 0.05) is 17.8 Å². The third-order valence-corrected chi connectivity index (χ3v) is 11.2. The van der Waals surface area contributed by atoms with Crippen molar-refractivity contribution in [1.82, 2.24) is 5.32 Å². The summed E-state index contributed by atoms with van der Waals surface area (Å²) < 4.78 is 67.9. The number of unbranched alkanes of at least 4 members (excludes halogenated alkanes) is 4. The van der Waals surface area contributed by atoms with Gasteiger partial charge in [0.05, 0.1) is 26.4 Å². The molecule has 0 aliphatic carbocycles. The average Bonchev–Trinajstić information content (AvgIpc) is 3.20. The van der Waals surface area contributed by atoms with Crippen LogP contribution in [-0.2, 0) is 38.6 Å². The Hall–Kier alpha value is -4.22. The van der Waals surface area contributed by atoms with Gasteiger partial charge in [0.1, 0.15) is 5.75 Å². The van der Waals surface area contributed by atoms with Crippen LogP contribution in [-0.4, -0.2) is 44.8 Å². The molecule has 0 unspecified atom stereocenters. The van der Waals surface area contributed by atoms with Crippen molar-refractivity contribution in [3.63, 3.8) is 0 Å². The van der Waals surface area contributed by atoms with E-state index in [-0.39, 0.29) is 57.0 Å². The third kappa shape index (κ3) is 15.6. The molecule has 13 nitrogen and oxygen atoms in total. The van der Waals surface area contributed by atoms with E-state index in [1.165, 1.54) is 12.1 Å². The lowest BCUT2D eigenvalue weighted by Gasteiger charge is -2.23. The summed E-state index contributed by atoms with van der Waals surface area (Å²) in [7, 11) is -8.29. The molecule has 0 radical (unpaired) electrons. The highest BCUT2D eigenvalue weighted by atomic mass is 31.2. The molecule has 0 aliphatic heterocycles. The first-order valence-corrected chi connectivity index (χ1v) is 22.6. The van der Waals surface area contributed by atoms with Crippen LogP contribution in [0.4, 0.5) is 5.69 Å². The number of benzene rings is 4. The monoisotopic (exact) mass is 826 g/mol. The molecule has 0 bridgehead atoms. The number of nitrogens with one attached hydrogen (secondary N) is 2. The first-order valence-electron chi connectivity index (χ1n) is 19.7. The molecule has 0 fully saturated rings. The Balaban J connectivity index is 1.46. The van der Waals surface area contributed by atoms with E-state index in [9.17, 15) is 18.7 Å². The van der Waals surface area contributed by atoms with Gasteiger partial charge < -0.3 is 24.4 Å². The first kappa shape index (κ1) is 45.5. The normalized spacial score (nSPS) is 11.6. The Bertz CT molecular complexity index is 1930. The summed E-state index contributed by atoms with van der Waals surface area (Å²) in [6.45, 7) is 8.24. The van der Waals surface area contributed by atoms with Gasteiger partial charge in [-0.25, -0.2) is 9.13 Å². The second-order valence-corrected chi connectivity index (χ2v) is 16.4. The van der Waals surface area contributed by atoms with E-state index in [2.05, 4.69) is 10.6 Å². The Morgan fingerprint density at radius 3 is 1.72 bits per heavy atom. The number of anilines is 1. The topological polar surface area (TPSA) is 157 Å². The summed E-state index contributed by atoms with van der Waals surface area (Å²) in [6.07, 6.45) is 5.74. The van der Waals surface area contributed by atoms with Crippen LogP contribution in [0.3, 0.4) is 0 Å². The van der Waals surface area contributed by atoms with Crippen LogP contribution in [0.5, 0.6) is 17.2 Å². The van der Waals surface area contributed by atoms with Gasteiger partial charge in [-0.15, -0.1) is 0 Å². The molecular weight excluding hydrogens is 770 g/mol. The molecule has 4 rings (SSSR count). The quantitative estimate of drug-likeness (QED) is 0.0435. The van der Waals surface area contributed by atoms with Crippen molar-refractivity contribution in [1.29, 1.82) is 0 Å². The van der Waals surface area contributed by atoms with Crippen molar-refractivity contribution in [3.8, 4) is 17.2 Å². The molecule has 0 heterocycles. The predicted octanol–water partition coefficient (Wildman–Crippen LogP) is 11.0. The smallest absolute Gasteiger partial charge is 0.484 e. The van der Waals surface area contributed by atoms with Crippen LogP contribution >= 0.6 is 15.6 Å². The molecule has 0 aromatic heterocycles. The van der Waals surface area contributed by atoms with Crippen molar-refractivity contribution in [2.75, 3.05) is 38.4 Å². The van der Waals surface area contributed by atoms with Crippen molar-refractivity contribution in [3.05, 3.63) is 96.1 Å². The van der Waals surface area contributed by atoms with Crippen molar-refractivity contribution in [2.45, 2.75) is 85.6 Å². The minimum atomic E-state index is -4.17. The van der Waals surface area contributed by atoms with E-state index in [1.54, 1.807) is 30.3 Å². The number of phosphoric acid groups is 2. The molecule has 2 amide bonds. The third-order valence-electron chi connectivity index (χ3n) is 8.38. The van der Waals surface area contributed by atoms with Crippen LogP contribution < -0.4 is 24.4 Å². The molecule has 15 heteroatoms. The van der Waals surface area contributed by atoms with Gasteiger partial charge in [-0.3, -0.25) is 27.7 Å². The lowest BCUT2D eigenvalue weighted by molar-refractivity contribution is -0.123. The van der Waals surface area contributed by atoms with E-state index >= 15 is 0 Å². The number of hydrogen-bond acceptors (Lipinski definition) is 11. The van der Waals surface area contributed by atoms with E-state index in [0.717, 1.165) is 36.5 Å². The molecular formula is C42H56N2O11P2. The van der Waals surface area contributed by atoms with Gasteiger partial charge in [0.25, 0.3) is 11.8 Å². The fraction of sp³-hybridized carbons (Fsp3) is 0.429. The Kier molecular flexibility index (Phi) is 19.1. The van der Waals surface area contributed by atoms with E-state index < -0.39 is 21.6 Å². The van der Waals surface area contributed by atoms with E-state index in [0.29, 0.717) is 48.2 Å². The predicted molar refractivity (Wildman–Crippen MR) is 222 cm³/mol. The SMILES string of the molecule is CCCCOP(=O)(OCCCC)Oc1ccc(CNC(=O)COc2ccc3cc(C(=O)Nc4ccccc4)ccc3c2)cc1OP(=O)(OCCCC)OCCCC. The summed E-state index contributed by atoms with van der Waals surface area (Å²) in [5.41, 5.74) is 1.77. The highest BCUT2D eigenvalue weighted by Gasteiger charge is 2.34. The number of amides is 2. The zero-order valence-electron chi connectivity index (χ0n) is 33.4. The number of carbonyl (C=O) groups excluding carboxylic acids is 2. The Labute approximate surface area is 336 Å². The Morgan fingerprint density at radius 2 is 1.14 bits per heavy atom. The number of para-hydroxylation sites is 1. The molecule has 0 saturated carbocycles. The van der Waals surface area contributed by atoms with Gasteiger partial charge in [0.15, 0.2) is 18.1 Å². The van der Waals surface area contributed by atoms with Crippen LogP contribution in [0.25, 0.3) is 10.8 Å². The van der Waals surface area contributed by atoms with Gasteiger partial charge in [-0.05, 0) is 90.6 Å². The molecule has 4 aromatic rings. The number of ether oxygens (including phenoxy) is 1.